The number of aromatic amines is 1. The van der Waals surface area contributed by atoms with Crippen LogP contribution < -0.4 is 0 Å². The van der Waals surface area contributed by atoms with Crippen LogP contribution in [0.5, 0.6) is 0 Å². The topological polar surface area (TPSA) is 46.5 Å². The highest BCUT2D eigenvalue weighted by molar-refractivity contribution is 5.76. The molecular formula is C18H21F3N4. The molecule has 3 aromatic rings. The highest BCUT2D eigenvalue weighted by Gasteiger charge is 2.34. The second kappa shape index (κ2) is 7.29. The van der Waals surface area contributed by atoms with E-state index in [4.69, 9.17) is 0 Å². The molecule has 134 valence electrons. The number of aromatic nitrogens is 4. The van der Waals surface area contributed by atoms with E-state index in [0.29, 0.717) is 11.0 Å². The molecule has 0 spiro atoms. The normalized spacial score (nSPS) is 13.4. The van der Waals surface area contributed by atoms with Crippen LogP contribution in [0.2, 0.25) is 0 Å². The molecule has 0 saturated heterocycles. The van der Waals surface area contributed by atoms with Crippen LogP contribution in [-0.2, 0) is 6.18 Å². The van der Waals surface area contributed by atoms with Crippen molar-refractivity contribution in [3.8, 4) is 0 Å². The summed E-state index contributed by atoms with van der Waals surface area (Å²) in [7, 11) is 0. The van der Waals surface area contributed by atoms with E-state index in [-0.39, 0.29) is 6.04 Å². The summed E-state index contributed by atoms with van der Waals surface area (Å²) in [6.07, 6.45) is 6.37. The summed E-state index contributed by atoms with van der Waals surface area (Å²) in [5, 5.41) is 0. The molecule has 0 bridgehead atoms. The second-order valence-corrected chi connectivity index (χ2v) is 6.23. The zero-order valence-electron chi connectivity index (χ0n) is 14.1. The molecule has 0 aliphatic heterocycles. The fraction of sp³-hybridized carbons (Fsp3) is 0.444. The van der Waals surface area contributed by atoms with Crippen molar-refractivity contribution in [2.24, 2.45) is 0 Å². The first-order valence-corrected chi connectivity index (χ1v) is 8.53. The van der Waals surface area contributed by atoms with Gasteiger partial charge in [-0.3, -0.25) is 0 Å². The van der Waals surface area contributed by atoms with Crippen LogP contribution in [0.1, 0.15) is 56.5 Å². The summed E-state index contributed by atoms with van der Waals surface area (Å²) >= 11 is 0. The number of H-pyrrole nitrogens is 1. The van der Waals surface area contributed by atoms with Gasteiger partial charge in [-0.1, -0.05) is 38.7 Å². The lowest BCUT2D eigenvalue weighted by Crippen LogP contribution is -2.09. The van der Waals surface area contributed by atoms with Gasteiger partial charge in [0.2, 0.25) is 5.82 Å². The van der Waals surface area contributed by atoms with Gasteiger partial charge in [-0.15, -0.1) is 0 Å². The van der Waals surface area contributed by atoms with E-state index in [1.807, 2.05) is 16.8 Å². The standard InChI is InChI=1S/C18H21F3N4/c1-2-3-4-5-6-16(25-10-9-22-12-25)13-7-8-14-15(11-13)24-17(23-14)18(19,20)21/h7-12,16H,2-6H2,1H3,(H,23,24). The van der Waals surface area contributed by atoms with Crippen LogP contribution in [0.15, 0.2) is 36.9 Å². The smallest absolute Gasteiger partial charge is 0.334 e. The van der Waals surface area contributed by atoms with E-state index in [1.165, 1.54) is 6.42 Å². The average molecular weight is 350 g/mol. The van der Waals surface area contributed by atoms with Gasteiger partial charge in [0.05, 0.1) is 23.4 Å². The molecule has 0 amide bonds. The summed E-state index contributed by atoms with van der Waals surface area (Å²) in [6, 6.07) is 5.32. The van der Waals surface area contributed by atoms with Gasteiger partial charge in [0.1, 0.15) is 0 Å². The first-order valence-electron chi connectivity index (χ1n) is 8.53. The van der Waals surface area contributed by atoms with Gasteiger partial charge >= 0.3 is 6.18 Å². The van der Waals surface area contributed by atoms with Gasteiger partial charge in [0.15, 0.2) is 0 Å². The Labute approximate surface area is 144 Å². The zero-order chi connectivity index (χ0) is 17.9. The van der Waals surface area contributed by atoms with E-state index < -0.39 is 12.0 Å². The molecule has 0 aliphatic rings. The van der Waals surface area contributed by atoms with E-state index in [0.717, 1.165) is 31.2 Å². The Morgan fingerprint density at radius 1 is 1.20 bits per heavy atom. The van der Waals surface area contributed by atoms with Gasteiger partial charge in [0, 0.05) is 12.4 Å². The first-order chi connectivity index (χ1) is 12.0. The molecule has 2 aromatic heterocycles. The Morgan fingerprint density at radius 2 is 2.04 bits per heavy atom. The molecule has 1 N–H and O–H groups in total. The molecule has 1 atom stereocenters. The van der Waals surface area contributed by atoms with E-state index >= 15 is 0 Å². The third kappa shape index (κ3) is 4.03. The maximum atomic E-state index is 12.8. The van der Waals surface area contributed by atoms with Crippen LogP contribution in [-0.4, -0.2) is 19.5 Å². The molecule has 4 nitrogen and oxygen atoms in total. The largest absolute Gasteiger partial charge is 0.449 e. The SMILES string of the molecule is CCCCCCC(c1ccc2nc(C(F)(F)F)[nH]c2c1)n1ccnc1. The lowest BCUT2D eigenvalue weighted by molar-refractivity contribution is -0.144. The highest BCUT2D eigenvalue weighted by Crippen LogP contribution is 2.31. The zero-order valence-corrected chi connectivity index (χ0v) is 14.1. The van der Waals surface area contributed by atoms with Crippen molar-refractivity contribution in [3.63, 3.8) is 0 Å². The number of rotatable bonds is 7. The number of nitrogens with one attached hydrogen (secondary N) is 1. The molecule has 3 rings (SSSR count). The van der Waals surface area contributed by atoms with Crippen LogP contribution in [0.25, 0.3) is 11.0 Å². The second-order valence-electron chi connectivity index (χ2n) is 6.23. The van der Waals surface area contributed by atoms with Crippen molar-refractivity contribution < 1.29 is 13.2 Å². The average Bonchev–Trinajstić information content (AvgIpc) is 3.23. The lowest BCUT2D eigenvalue weighted by Gasteiger charge is -2.19. The summed E-state index contributed by atoms with van der Waals surface area (Å²) in [5.74, 6) is -0.957. The molecule has 0 radical (unpaired) electrons. The molecule has 1 aromatic carbocycles. The predicted molar refractivity (Wildman–Crippen MR) is 90.2 cm³/mol. The molecule has 0 saturated carbocycles. The summed E-state index contributed by atoms with van der Waals surface area (Å²) < 4.78 is 40.5. The van der Waals surface area contributed by atoms with Crippen molar-refractivity contribution in [3.05, 3.63) is 48.3 Å². The quantitative estimate of drug-likeness (QED) is 0.585. The molecule has 25 heavy (non-hydrogen) atoms. The molecule has 1 unspecified atom stereocenters. The van der Waals surface area contributed by atoms with E-state index in [2.05, 4.69) is 21.9 Å². The lowest BCUT2D eigenvalue weighted by atomic mass is 9.99. The summed E-state index contributed by atoms with van der Waals surface area (Å²) in [5.41, 5.74) is 1.69. The number of fused-ring (bicyclic) bond motifs is 1. The third-order valence-corrected chi connectivity index (χ3v) is 4.38. The monoisotopic (exact) mass is 350 g/mol. The molecule has 2 heterocycles. The first kappa shape index (κ1) is 17.5. The van der Waals surface area contributed by atoms with Gasteiger partial charge in [-0.25, -0.2) is 9.97 Å². The number of unbranched alkanes of at least 4 members (excludes halogenated alkanes) is 3. The Balaban J connectivity index is 1.89. The maximum Gasteiger partial charge on any atom is 0.449 e. The van der Waals surface area contributed by atoms with Crippen LogP contribution in [0.3, 0.4) is 0 Å². The van der Waals surface area contributed by atoms with Crippen molar-refractivity contribution in [2.75, 3.05) is 0 Å². The molecule has 0 aliphatic carbocycles. The van der Waals surface area contributed by atoms with Gasteiger partial charge in [-0.05, 0) is 24.1 Å². The van der Waals surface area contributed by atoms with Crippen LogP contribution in [0, 0.1) is 0 Å². The Morgan fingerprint density at radius 3 is 2.72 bits per heavy atom. The Hall–Kier alpha value is -2.31. The summed E-state index contributed by atoms with van der Waals surface area (Å²) in [4.78, 5) is 10.1. The number of halogens is 3. The number of hydrogen-bond donors (Lipinski definition) is 1. The van der Waals surface area contributed by atoms with Crippen molar-refractivity contribution in [2.45, 2.75) is 51.2 Å². The number of hydrogen-bond acceptors (Lipinski definition) is 2. The van der Waals surface area contributed by atoms with Gasteiger partial charge in [0.25, 0.3) is 0 Å². The van der Waals surface area contributed by atoms with Gasteiger partial charge < -0.3 is 9.55 Å². The summed E-state index contributed by atoms with van der Waals surface area (Å²) in [6.45, 7) is 2.16. The number of nitrogens with zero attached hydrogens (tertiary/aromatic N) is 3. The fourth-order valence-electron chi connectivity index (χ4n) is 3.07. The minimum Gasteiger partial charge on any atom is -0.334 e. The third-order valence-electron chi connectivity index (χ3n) is 4.38. The van der Waals surface area contributed by atoms with Gasteiger partial charge in [-0.2, -0.15) is 13.2 Å². The number of alkyl halides is 3. The fourth-order valence-corrected chi connectivity index (χ4v) is 3.07. The Kier molecular flexibility index (Phi) is 5.11. The molecular weight excluding hydrogens is 329 g/mol. The van der Waals surface area contributed by atoms with E-state index in [9.17, 15) is 13.2 Å². The molecule has 7 heteroatoms. The van der Waals surface area contributed by atoms with E-state index in [1.54, 1.807) is 24.7 Å². The van der Waals surface area contributed by atoms with Crippen LogP contribution in [0.4, 0.5) is 13.2 Å². The van der Waals surface area contributed by atoms with Crippen LogP contribution >= 0.6 is 0 Å². The minimum atomic E-state index is -4.47. The maximum absolute atomic E-state index is 12.8. The predicted octanol–water partition coefficient (Wildman–Crippen LogP) is 5.34. The Bertz CT molecular complexity index is 805. The number of benzene rings is 1. The van der Waals surface area contributed by atoms with Crippen molar-refractivity contribution in [1.82, 2.24) is 19.5 Å². The highest BCUT2D eigenvalue weighted by atomic mass is 19.4. The number of imidazole rings is 2. The molecule has 0 fully saturated rings. The van der Waals surface area contributed by atoms with Crippen molar-refractivity contribution in [1.29, 1.82) is 0 Å². The minimum absolute atomic E-state index is 0.0568. The van der Waals surface area contributed by atoms with Crippen molar-refractivity contribution >= 4 is 11.0 Å².